The molecule has 1 aromatic carbocycles. The van der Waals surface area contributed by atoms with E-state index < -0.39 is 24.4 Å². The largest absolute Gasteiger partial charge is 0.454 e. The summed E-state index contributed by atoms with van der Waals surface area (Å²) in [7, 11) is 1.37. The fraction of sp³-hybridized carbons (Fsp3) is 0.250. The smallest absolute Gasteiger partial charge is 0.338 e. The quantitative estimate of drug-likeness (QED) is 0.419. The summed E-state index contributed by atoms with van der Waals surface area (Å²) in [4.78, 5) is 61.6. The summed E-state index contributed by atoms with van der Waals surface area (Å²) in [5.41, 5.74) is 0.464. The van der Waals surface area contributed by atoms with Gasteiger partial charge in [0.25, 0.3) is 11.8 Å². The number of hydrogen-bond donors (Lipinski definition) is 1. The average Bonchev–Trinajstić information content (AvgIpc) is 3.25. The first-order chi connectivity index (χ1) is 13.8. The van der Waals surface area contributed by atoms with Crippen LogP contribution in [0.5, 0.6) is 0 Å². The van der Waals surface area contributed by atoms with Crippen molar-refractivity contribution in [2.45, 2.75) is 13.3 Å². The van der Waals surface area contributed by atoms with E-state index in [1.807, 2.05) is 0 Å². The Kier molecular flexibility index (Phi) is 5.88. The second-order valence-electron chi connectivity index (χ2n) is 6.43. The van der Waals surface area contributed by atoms with E-state index in [0.717, 1.165) is 9.78 Å². The number of hydrogen-bond acceptors (Lipinski definition) is 7. The van der Waals surface area contributed by atoms with Crippen molar-refractivity contribution >= 4 is 40.8 Å². The molecule has 0 spiro atoms. The zero-order valence-electron chi connectivity index (χ0n) is 15.8. The fourth-order valence-electron chi connectivity index (χ4n) is 2.80. The summed E-state index contributed by atoms with van der Waals surface area (Å²) >= 11 is 1.28. The summed E-state index contributed by atoms with van der Waals surface area (Å²) in [6.45, 7) is 1.48. The molecule has 0 fully saturated rings. The maximum atomic E-state index is 12.3. The maximum absolute atomic E-state index is 12.3. The molecule has 1 N–H and O–H groups in total. The van der Waals surface area contributed by atoms with Crippen molar-refractivity contribution in [2.24, 2.45) is 0 Å². The van der Waals surface area contributed by atoms with Crippen molar-refractivity contribution in [1.82, 2.24) is 10.2 Å². The summed E-state index contributed by atoms with van der Waals surface area (Å²) in [5, 5.41) is 2.68. The van der Waals surface area contributed by atoms with Crippen molar-refractivity contribution < 1.29 is 28.7 Å². The van der Waals surface area contributed by atoms with Crippen LogP contribution in [0.1, 0.15) is 52.5 Å². The van der Waals surface area contributed by atoms with Gasteiger partial charge in [0.1, 0.15) is 0 Å². The van der Waals surface area contributed by atoms with Crippen molar-refractivity contribution in [1.29, 1.82) is 0 Å². The molecule has 2 aromatic rings. The van der Waals surface area contributed by atoms with Gasteiger partial charge in [-0.25, -0.2) is 4.79 Å². The maximum Gasteiger partial charge on any atom is 0.338 e. The zero-order chi connectivity index (χ0) is 21.1. The minimum absolute atomic E-state index is 0.0928. The number of carbonyl (C=O) groups excluding carboxylic acids is 5. The molecule has 3 rings (SSSR count). The molecule has 0 radical (unpaired) electrons. The van der Waals surface area contributed by atoms with E-state index in [0.29, 0.717) is 17.8 Å². The minimum Gasteiger partial charge on any atom is -0.454 e. The Morgan fingerprint density at radius 1 is 1.07 bits per heavy atom. The lowest BCUT2D eigenvalue weighted by atomic mass is 10.1. The molecular formula is C20H18N2O6S. The number of fused-ring (bicyclic) bond motifs is 1. The second kappa shape index (κ2) is 8.36. The SMILES string of the molecule is CC(=O)NCCc1ccc(C(=O)COC(=O)c2ccc3c(c2)C(=O)N(C)C3=O)s1. The van der Waals surface area contributed by atoms with Gasteiger partial charge < -0.3 is 10.1 Å². The van der Waals surface area contributed by atoms with Gasteiger partial charge in [0.15, 0.2) is 6.61 Å². The first-order valence-corrected chi connectivity index (χ1v) is 9.59. The van der Waals surface area contributed by atoms with Crippen LogP contribution in [-0.4, -0.2) is 54.6 Å². The van der Waals surface area contributed by atoms with Crippen molar-refractivity contribution in [3.05, 3.63) is 56.8 Å². The lowest BCUT2D eigenvalue weighted by Crippen LogP contribution is -2.24. The standard InChI is InChI=1S/C20H18N2O6S/c1-11(23)21-8-7-13-4-6-17(29-13)16(24)10-28-20(27)12-3-5-14-15(9-12)19(26)22(2)18(14)25/h3-6,9H,7-8,10H2,1-2H3,(H,21,23). The van der Waals surface area contributed by atoms with E-state index in [2.05, 4.69) is 5.32 Å². The molecule has 2 heterocycles. The molecule has 0 unspecified atom stereocenters. The lowest BCUT2D eigenvalue weighted by Gasteiger charge is -2.04. The van der Waals surface area contributed by atoms with Crippen molar-refractivity contribution in [3.8, 4) is 0 Å². The number of Topliss-reactive ketones (excluding diaryl/α,β-unsaturated/α-hetero) is 1. The Morgan fingerprint density at radius 3 is 2.52 bits per heavy atom. The van der Waals surface area contributed by atoms with E-state index in [1.165, 1.54) is 43.5 Å². The molecule has 0 saturated heterocycles. The molecule has 0 bridgehead atoms. The third-order valence-electron chi connectivity index (χ3n) is 4.34. The summed E-state index contributed by atoms with van der Waals surface area (Å²) in [6.07, 6.45) is 0.605. The van der Waals surface area contributed by atoms with Gasteiger partial charge in [0.05, 0.1) is 21.6 Å². The van der Waals surface area contributed by atoms with Gasteiger partial charge in [-0.2, -0.15) is 0 Å². The van der Waals surface area contributed by atoms with E-state index >= 15 is 0 Å². The summed E-state index contributed by atoms with van der Waals surface area (Å²) < 4.78 is 5.07. The van der Waals surface area contributed by atoms with Gasteiger partial charge in [0.2, 0.25) is 11.7 Å². The van der Waals surface area contributed by atoms with E-state index in [9.17, 15) is 24.0 Å². The summed E-state index contributed by atoms with van der Waals surface area (Å²) in [5.74, 6) is -2.12. The highest BCUT2D eigenvalue weighted by molar-refractivity contribution is 7.14. The minimum atomic E-state index is -0.751. The Hall–Kier alpha value is -3.33. The topological polar surface area (TPSA) is 110 Å². The number of ether oxygens (including phenoxy) is 1. The Morgan fingerprint density at radius 2 is 1.79 bits per heavy atom. The summed E-state index contributed by atoms with van der Waals surface area (Å²) in [6, 6.07) is 7.54. The van der Waals surface area contributed by atoms with Crippen LogP contribution in [0, 0.1) is 0 Å². The highest BCUT2D eigenvalue weighted by Crippen LogP contribution is 2.23. The van der Waals surface area contributed by atoms with Gasteiger partial charge in [-0.3, -0.25) is 24.1 Å². The van der Waals surface area contributed by atoms with Crippen molar-refractivity contribution in [2.75, 3.05) is 20.2 Å². The zero-order valence-corrected chi connectivity index (χ0v) is 16.6. The molecule has 1 aliphatic heterocycles. The number of amides is 3. The van der Waals surface area contributed by atoms with Gasteiger partial charge >= 0.3 is 5.97 Å². The van der Waals surface area contributed by atoms with Crippen LogP contribution in [0.3, 0.4) is 0 Å². The Labute approximate surface area is 170 Å². The number of carbonyl (C=O) groups is 5. The van der Waals surface area contributed by atoms with Gasteiger partial charge in [-0.05, 0) is 36.8 Å². The van der Waals surface area contributed by atoms with Crippen LogP contribution in [0.4, 0.5) is 0 Å². The number of nitrogens with zero attached hydrogens (tertiary/aromatic N) is 1. The number of imide groups is 1. The molecule has 0 aliphatic carbocycles. The van der Waals surface area contributed by atoms with E-state index in [1.54, 1.807) is 12.1 Å². The third kappa shape index (κ3) is 4.40. The number of esters is 1. The Balaban J connectivity index is 1.58. The van der Waals surface area contributed by atoms with Crippen LogP contribution in [-0.2, 0) is 16.0 Å². The van der Waals surface area contributed by atoms with Crippen LogP contribution >= 0.6 is 11.3 Å². The van der Waals surface area contributed by atoms with Crippen LogP contribution in [0.2, 0.25) is 0 Å². The van der Waals surface area contributed by atoms with E-state index in [4.69, 9.17) is 4.74 Å². The molecular weight excluding hydrogens is 396 g/mol. The van der Waals surface area contributed by atoms with Gasteiger partial charge in [-0.15, -0.1) is 11.3 Å². The molecule has 8 nitrogen and oxygen atoms in total. The first-order valence-electron chi connectivity index (χ1n) is 8.78. The number of ketones is 1. The second-order valence-corrected chi connectivity index (χ2v) is 7.60. The molecule has 0 atom stereocenters. The van der Waals surface area contributed by atoms with Gasteiger partial charge in [0, 0.05) is 25.4 Å². The number of thiophene rings is 1. The predicted molar refractivity (Wildman–Crippen MR) is 104 cm³/mol. The van der Waals surface area contributed by atoms with Crippen LogP contribution in [0.15, 0.2) is 30.3 Å². The monoisotopic (exact) mass is 414 g/mol. The molecule has 1 aromatic heterocycles. The Bertz CT molecular complexity index is 1030. The molecule has 29 heavy (non-hydrogen) atoms. The van der Waals surface area contributed by atoms with E-state index in [-0.39, 0.29) is 28.4 Å². The highest BCUT2D eigenvalue weighted by atomic mass is 32.1. The first kappa shape index (κ1) is 20.4. The molecule has 0 saturated carbocycles. The highest BCUT2D eigenvalue weighted by Gasteiger charge is 2.33. The van der Waals surface area contributed by atoms with Crippen LogP contribution < -0.4 is 5.32 Å². The van der Waals surface area contributed by atoms with Gasteiger partial charge in [-0.1, -0.05) is 0 Å². The number of benzene rings is 1. The van der Waals surface area contributed by atoms with Crippen molar-refractivity contribution in [3.63, 3.8) is 0 Å². The van der Waals surface area contributed by atoms with Crippen LogP contribution in [0.25, 0.3) is 0 Å². The fourth-order valence-corrected chi connectivity index (χ4v) is 3.73. The third-order valence-corrected chi connectivity index (χ3v) is 5.53. The molecule has 1 aliphatic rings. The normalized spacial score (nSPS) is 12.7. The average molecular weight is 414 g/mol. The number of nitrogens with one attached hydrogen (secondary N) is 1. The molecule has 150 valence electrons. The predicted octanol–water partition coefficient (Wildman–Crippen LogP) is 1.69. The molecule has 9 heteroatoms. The lowest BCUT2D eigenvalue weighted by molar-refractivity contribution is -0.118. The number of rotatable bonds is 7. The molecule has 3 amide bonds.